The van der Waals surface area contributed by atoms with Crippen molar-refractivity contribution >= 4 is 13.4 Å². The van der Waals surface area contributed by atoms with Crippen LogP contribution in [-0.4, -0.2) is 36.1 Å². The molecule has 1 fully saturated rings. The molecule has 1 aromatic rings. The van der Waals surface area contributed by atoms with E-state index in [9.17, 15) is 5.21 Å². The number of allylic oxidation sites excluding steroid dienone is 5. The zero-order valence-corrected chi connectivity index (χ0v) is 12.9. The molecular weight excluding hydrogens is 261 g/mol. The molecule has 1 aliphatic heterocycles. The van der Waals surface area contributed by atoms with Crippen molar-refractivity contribution in [2.75, 3.05) is 13.1 Å². The molecular formula is C16H24BN3O. The van der Waals surface area contributed by atoms with Gasteiger partial charge in [-0.25, -0.2) is 0 Å². The van der Waals surface area contributed by atoms with E-state index in [1.54, 1.807) is 12.3 Å². The largest absolute Gasteiger partial charge is 0.411 e. The van der Waals surface area contributed by atoms with Crippen molar-refractivity contribution in [3.63, 3.8) is 0 Å². The molecule has 0 atom stereocenters. The van der Waals surface area contributed by atoms with Gasteiger partial charge >= 0.3 is 0 Å². The van der Waals surface area contributed by atoms with E-state index in [0.717, 1.165) is 47.6 Å². The predicted octanol–water partition coefficient (Wildman–Crippen LogP) is 2.94. The maximum absolute atomic E-state index is 9.97. The van der Waals surface area contributed by atoms with Crippen LogP contribution in [0.4, 0.5) is 0 Å². The molecule has 2 radical (unpaired) electrons. The van der Waals surface area contributed by atoms with Crippen LogP contribution >= 0.6 is 0 Å². The van der Waals surface area contributed by atoms with Gasteiger partial charge in [0.2, 0.25) is 0 Å². The Morgan fingerprint density at radius 2 is 2.14 bits per heavy atom. The Kier molecular flexibility index (Phi) is 7.61. The molecule has 5 heteroatoms. The lowest BCUT2D eigenvalue weighted by atomic mass is 9.88. The summed E-state index contributed by atoms with van der Waals surface area (Å²) in [6.45, 7) is 9.23. The van der Waals surface area contributed by atoms with E-state index in [4.69, 9.17) is 0 Å². The van der Waals surface area contributed by atoms with E-state index in [0.29, 0.717) is 5.92 Å². The first kappa shape index (κ1) is 17.3. The van der Waals surface area contributed by atoms with E-state index in [1.807, 2.05) is 25.2 Å². The first-order valence-electron chi connectivity index (χ1n) is 7.29. The van der Waals surface area contributed by atoms with Crippen LogP contribution in [0.25, 0.3) is 5.57 Å². The molecule has 1 saturated heterocycles. The van der Waals surface area contributed by atoms with Crippen LogP contribution in [0.1, 0.15) is 36.9 Å². The summed E-state index contributed by atoms with van der Waals surface area (Å²) in [6.07, 6.45) is 11.5. The van der Waals surface area contributed by atoms with Gasteiger partial charge in [0.05, 0.1) is 14.0 Å². The van der Waals surface area contributed by atoms with E-state index >= 15 is 0 Å². The third kappa shape index (κ3) is 4.36. The first-order chi connectivity index (χ1) is 10.3. The Morgan fingerprint density at radius 1 is 1.48 bits per heavy atom. The van der Waals surface area contributed by atoms with Crippen molar-refractivity contribution < 1.29 is 5.21 Å². The van der Waals surface area contributed by atoms with E-state index < -0.39 is 0 Å². The second kappa shape index (κ2) is 9.24. The van der Waals surface area contributed by atoms with E-state index in [2.05, 4.69) is 24.8 Å². The normalized spacial score (nSPS) is 16.6. The maximum Gasteiger partial charge on any atom is 0.113 e. The lowest BCUT2D eigenvalue weighted by Crippen LogP contribution is -2.27. The Labute approximate surface area is 128 Å². The zero-order chi connectivity index (χ0) is 15.7. The van der Waals surface area contributed by atoms with Gasteiger partial charge in [-0.05, 0) is 38.8 Å². The fourth-order valence-corrected chi connectivity index (χ4v) is 2.59. The molecule has 0 aliphatic carbocycles. The van der Waals surface area contributed by atoms with Crippen LogP contribution in [-0.2, 0) is 0 Å². The molecule has 2 heterocycles. The topological polar surface area (TPSA) is 50.1 Å². The molecule has 0 saturated carbocycles. The van der Waals surface area contributed by atoms with Crippen molar-refractivity contribution in [3.8, 4) is 0 Å². The number of nitrogens with one attached hydrogen (secondary N) is 1. The number of nitrogens with zero attached hydrogens (tertiary/aromatic N) is 2. The molecule has 0 unspecified atom stereocenters. The molecule has 0 spiro atoms. The Morgan fingerprint density at radius 3 is 2.71 bits per heavy atom. The highest BCUT2D eigenvalue weighted by atomic mass is 16.5. The summed E-state index contributed by atoms with van der Waals surface area (Å²) in [6, 6.07) is 0. The van der Waals surface area contributed by atoms with Crippen molar-refractivity contribution in [2.24, 2.45) is 0 Å². The highest BCUT2D eigenvalue weighted by molar-refractivity contribution is 6.05. The fourth-order valence-electron chi connectivity index (χ4n) is 2.59. The highest BCUT2D eigenvalue weighted by Gasteiger charge is 2.23. The van der Waals surface area contributed by atoms with E-state index in [-0.39, 0.29) is 0 Å². The van der Waals surface area contributed by atoms with Crippen molar-refractivity contribution in [1.29, 1.82) is 0 Å². The highest BCUT2D eigenvalue weighted by Crippen LogP contribution is 2.31. The van der Waals surface area contributed by atoms with Crippen LogP contribution in [0.5, 0.6) is 0 Å². The Balaban J connectivity index is 0.00000106. The van der Waals surface area contributed by atoms with Gasteiger partial charge in [-0.15, -0.1) is 9.94 Å². The third-order valence-electron chi connectivity index (χ3n) is 3.48. The molecule has 0 aromatic carbocycles. The minimum Gasteiger partial charge on any atom is -0.411 e. The SMILES string of the molecule is C=C/C=C(\C=C/C)c1c(C2CCNCC2)cnn1O.[B]C. The number of hydrogen-bond acceptors (Lipinski definition) is 3. The average Bonchev–Trinajstić information content (AvgIpc) is 2.91. The summed E-state index contributed by atoms with van der Waals surface area (Å²) >= 11 is 0. The van der Waals surface area contributed by atoms with Crippen LogP contribution in [0.2, 0.25) is 6.82 Å². The second-order valence-electron chi connectivity index (χ2n) is 4.72. The lowest BCUT2D eigenvalue weighted by molar-refractivity contribution is 0.146. The van der Waals surface area contributed by atoms with Crippen LogP contribution in [0, 0.1) is 0 Å². The summed E-state index contributed by atoms with van der Waals surface area (Å²) in [5, 5.41) is 17.3. The van der Waals surface area contributed by atoms with Crippen molar-refractivity contribution in [2.45, 2.75) is 32.5 Å². The Bertz CT molecular complexity index is 500. The van der Waals surface area contributed by atoms with Gasteiger partial charge in [-0.1, -0.05) is 37.7 Å². The molecule has 2 rings (SSSR count). The summed E-state index contributed by atoms with van der Waals surface area (Å²) in [5.41, 5.74) is 2.84. The average molecular weight is 285 g/mol. The standard InChI is InChI=1S/C15H21N3O.CH3B/c1-3-5-13(6-4-2)15-14(11-17-18(15)19)12-7-9-16-10-8-12;1-2/h3-6,11-12,16,19H,1,7-10H2,2H3;1H3/b6-4-,13-5+;. The monoisotopic (exact) mass is 285 g/mol. The smallest absolute Gasteiger partial charge is 0.113 e. The zero-order valence-electron chi connectivity index (χ0n) is 12.9. The first-order valence-corrected chi connectivity index (χ1v) is 7.29. The minimum absolute atomic E-state index is 0.454. The van der Waals surface area contributed by atoms with Gasteiger partial charge in [-0.3, -0.25) is 0 Å². The van der Waals surface area contributed by atoms with Gasteiger partial charge in [0.1, 0.15) is 5.69 Å². The van der Waals surface area contributed by atoms with Gasteiger partial charge in [-0.2, -0.15) is 0 Å². The van der Waals surface area contributed by atoms with Crippen LogP contribution < -0.4 is 5.32 Å². The summed E-state index contributed by atoms with van der Waals surface area (Å²) in [5.74, 6) is 0.454. The molecule has 0 amide bonds. The van der Waals surface area contributed by atoms with Gasteiger partial charge in [0.15, 0.2) is 0 Å². The molecule has 0 bridgehead atoms. The quantitative estimate of drug-likeness (QED) is 0.508. The summed E-state index contributed by atoms with van der Waals surface area (Å²) in [7, 11) is 4.50. The summed E-state index contributed by atoms with van der Waals surface area (Å²) < 4.78 is 0. The molecule has 21 heavy (non-hydrogen) atoms. The van der Waals surface area contributed by atoms with Crippen LogP contribution in [0.15, 0.2) is 37.1 Å². The minimum atomic E-state index is 0.454. The Hall–Kier alpha value is -1.75. The predicted molar refractivity (Wildman–Crippen MR) is 88.9 cm³/mol. The van der Waals surface area contributed by atoms with Gasteiger partial charge in [0, 0.05) is 11.1 Å². The van der Waals surface area contributed by atoms with Crippen molar-refractivity contribution in [1.82, 2.24) is 15.3 Å². The van der Waals surface area contributed by atoms with Gasteiger partial charge in [0.25, 0.3) is 0 Å². The molecule has 1 aromatic heterocycles. The third-order valence-corrected chi connectivity index (χ3v) is 3.48. The number of aromatic nitrogens is 2. The number of hydrogen-bond donors (Lipinski definition) is 2. The van der Waals surface area contributed by atoms with Crippen LogP contribution in [0.3, 0.4) is 0 Å². The molecule has 1 aliphatic rings. The lowest BCUT2D eigenvalue weighted by Gasteiger charge is -2.22. The molecule has 2 N–H and O–H groups in total. The fraction of sp³-hybridized carbons (Fsp3) is 0.438. The number of piperidine rings is 1. The van der Waals surface area contributed by atoms with Gasteiger partial charge < -0.3 is 10.5 Å². The van der Waals surface area contributed by atoms with E-state index in [1.165, 1.54) is 6.82 Å². The molecule has 4 nitrogen and oxygen atoms in total. The number of rotatable bonds is 4. The molecule has 112 valence electrons. The van der Waals surface area contributed by atoms with Crippen molar-refractivity contribution in [3.05, 3.63) is 48.3 Å². The summed E-state index contributed by atoms with van der Waals surface area (Å²) in [4.78, 5) is 0.979. The maximum atomic E-state index is 9.97. The second-order valence-corrected chi connectivity index (χ2v) is 4.72.